The van der Waals surface area contributed by atoms with Crippen molar-refractivity contribution >= 4 is 35.3 Å². The van der Waals surface area contributed by atoms with Crippen LogP contribution in [0.25, 0.3) is 0 Å². The van der Waals surface area contributed by atoms with Gasteiger partial charge in [-0.25, -0.2) is 0 Å². The van der Waals surface area contributed by atoms with Gasteiger partial charge in [0.15, 0.2) is 0 Å². The van der Waals surface area contributed by atoms with Gasteiger partial charge in [0.25, 0.3) is 0 Å². The first kappa shape index (κ1) is 16.2. The molecule has 0 unspecified atom stereocenters. The van der Waals surface area contributed by atoms with Crippen molar-refractivity contribution in [1.82, 2.24) is 5.32 Å². The maximum atomic E-state index is 5.83. The molecule has 0 amide bonds. The Morgan fingerprint density at radius 3 is 2.81 bits per heavy atom. The zero-order valence-corrected chi connectivity index (χ0v) is 11.9. The van der Waals surface area contributed by atoms with Crippen molar-refractivity contribution in [3.8, 4) is 0 Å². The number of ether oxygens (including phenoxy) is 1. The van der Waals surface area contributed by atoms with Crippen LogP contribution in [0.5, 0.6) is 0 Å². The third-order valence-corrected chi connectivity index (χ3v) is 3.26. The molecular weight excluding hydrogens is 265 g/mol. The molecule has 0 spiro atoms. The summed E-state index contributed by atoms with van der Waals surface area (Å²) >= 11 is 7.47. The molecule has 1 rings (SSSR count). The Morgan fingerprint density at radius 2 is 2.19 bits per heavy atom. The van der Waals surface area contributed by atoms with Gasteiger partial charge in [0, 0.05) is 24.6 Å². The van der Waals surface area contributed by atoms with Crippen molar-refractivity contribution in [2.75, 3.05) is 19.8 Å². The third-order valence-electron chi connectivity index (χ3n) is 2.02. The Hall–Kier alpha value is 0.200. The van der Waals surface area contributed by atoms with Crippen LogP contribution in [0.15, 0.2) is 12.1 Å². The van der Waals surface area contributed by atoms with Crippen LogP contribution in [0.4, 0.5) is 0 Å². The summed E-state index contributed by atoms with van der Waals surface area (Å²) in [4.78, 5) is 1.30. The minimum atomic E-state index is 0. The minimum Gasteiger partial charge on any atom is -0.382 e. The Morgan fingerprint density at radius 1 is 1.38 bits per heavy atom. The van der Waals surface area contributed by atoms with Crippen molar-refractivity contribution in [2.24, 2.45) is 0 Å². The van der Waals surface area contributed by atoms with Crippen LogP contribution < -0.4 is 5.32 Å². The van der Waals surface area contributed by atoms with Gasteiger partial charge >= 0.3 is 0 Å². The standard InChI is InChI=1S/C11H18ClNOS.ClH/c1-2-14-8-4-3-7-13-9-10-5-6-11(12)15-10;/h5-6,13H,2-4,7-9H2,1H3;1H. The Bertz CT molecular complexity index is 268. The summed E-state index contributed by atoms with van der Waals surface area (Å²) in [6.45, 7) is 5.69. The van der Waals surface area contributed by atoms with Gasteiger partial charge in [0.1, 0.15) is 0 Å². The number of hydrogen-bond acceptors (Lipinski definition) is 3. The molecule has 0 aromatic carbocycles. The molecule has 0 aliphatic carbocycles. The molecule has 5 heteroatoms. The Labute approximate surface area is 113 Å². The first-order valence-electron chi connectivity index (χ1n) is 5.35. The SMILES string of the molecule is CCOCCCCNCc1ccc(Cl)s1.Cl. The van der Waals surface area contributed by atoms with E-state index in [1.807, 2.05) is 13.0 Å². The Kier molecular flexibility index (Phi) is 10.5. The highest BCUT2D eigenvalue weighted by molar-refractivity contribution is 7.16. The first-order valence-corrected chi connectivity index (χ1v) is 6.55. The van der Waals surface area contributed by atoms with Crippen molar-refractivity contribution in [2.45, 2.75) is 26.3 Å². The fraction of sp³-hybridized carbons (Fsp3) is 0.636. The summed E-state index contributed by atoms with van der Waals surface area (Å²) in [5.74, 6) is 0. The second-order valence-electron chi connectivity index (χ2n) is 3.29. The molecule has 0 aliphatic heterocycles. The molecule has 0 radical (unpaired) electrons. The van der Waals surface area contributed by atoms with E-state index < -0.39 is 0 Å². The Balaban J connectivity index is 0.00000225. The summed E-state index contributed by atoms with van der Waals surface area (Å²) < 4.78 is 6.12. The van der Waals surface area contributed by atoms with E-state index in [4.69, 9.17) is 16.3 Å². The van der Waals surface area contributed by atoms with Crippen LogP contribution >= 0.6 is 35.3 Å². The smallest absolute Gasteiger partial charge is 0.0931 e. The average molecular weight is 284 g/mol. The summed E-state index contributed by atoms with van der Waals surface area (Å²) in [6, 6.07) is 4.01. The van der Waals surface area contributed by atoms with Gasteiger partial charge in [0.2, 0.25) is 0 Å². The summed E-state index contributed by atoms with van der Waals surface area (Å²) in [5.41, 5.74) is 0. The molecule has 94 valence electrons. The molecule has 0 saturated heterocycles. The maximum Gasteiger partial charge on any atom is 0.0931 e. The van der Waals surface area contributed by atoms with E-state index in [1.54, 1.807) is 11.3 Å². The van der Waals surface area contributed by atoms with Gasteiger partial charge in [-0.2, -0.15) is 0 Å². The number of nitrogens with one attached hydrogen (secondary N) is 1. The van der Waals surface area contributed by atoms with E-state index in [-0.39, 0.29) is 12.4 Å². The highest BCUT2D eigenvalue weighted by atomic mass is 35.5. The zero-order valence-electron chi connectivity index (χ0n) is 9.50. The van der Waals surface area contributed by atoms with Crippen LogP contribution in [0, 0.1) is 0 Å². The van der Waals surface area contributed by atoms with Crippen LogP contribution in [0.1, 0.15) is 24.6 Å². The number of unbranched alkanes of at least 4 members (excludes halogenated alkanes) is 1. The summed E-state index contributed by atoms with van der Waals surface area (Å²) in [5, 5.41) is 3.39. The van der Waals surface area contributed by atoms with Crippen molar-refractivity contribution in [3.05, 3.63) is 21.3 Å². The van der Waals surface area contributed by atoms with Crippen LogP contribution in [-0.4, -0.2) is 19.8 Å². The number of rotatable bonds is 8. The number of thiophene rings is 1. The molecule has 0 atom stereocenters. The van der Waals surface area contributed by atoms with Crippen LogP contribution in [-0.2, 0) is 11.3 Å². The average Bonchev–Trinajstić information content (AvgIpc) is 2.63. The van der Waals surface area contributed by atoms with E-state index in [9.17, 15) is 0 Å². The number of halogens is 2. The molecule has 2 nitrogen and oxygen atoms in total. The van der Waals surface area contributed by atoms with E-state index in [0.29, 0.717) is 0 Å². The van der Waals surface area contributed by atoms with Crippen LogP contribution in [0.2, 0.25) is 4.34 Å². The first-order chi connectivity index (χ1) is 7.33. The molecule has 0 bridgehead atoms. The summed E-state index contributed by atoms with van der Waals surface area (Å²) in [7, 11) is 0. The van der Waals surface area contributed by atoms with Crippen molar-refractivity contribution in [3.63, 3.8) is 0 Å². The van der Waals surface area contributed by atoms with Crippen molar-refractivity contribution < 1.29 is 4.74 Å². The lowest BCUT2D eigenvalue weighted by atomic mass is 10.3. The second-order valence-corrected chi connectivity index (χ2v) is 5.09. The maximum absolute atomic E-state index is 5.83. The number of hydrogen-bond donors (Lipinski definition) is 1. The van der Waals surface area contributed by atoms with Gasteiger partial charge in [-0.3, -0.25) is 0 Å². The second kappa shape index (κ2) is 10.4. The normalized spacial score (nSPS) is 10.1. The van der Waals surface area contributed by atoms with E-state index >= 15 is 0 Å². The highest BCUT2D eigenvalue weighted by Gasteiger charge is 1.96. The van der Waals surface area contributed by atoms with E-state index in [2.05, 4.69) is 11.4 Å². The fourth-order valence-electron chi connectivity index (χ4n) is 1.26. The topological polar surface area (TPSA) is 21.3 Å². The van der Waals surface area contributed by atoms with Gasteiger partial charge < -0.3 is 10.1 Å². The molecule has 1 aromatic heterocycles. The lowest BCUT2D eigenvalue weighted by Gasteiger charge is -2.03. The predicted molar refractivity (Wildman–Crippen MR) is 74.0 cm³/mol. The van der Waals surface area contributed by atoms with Crippen molar-refractivity contribution in [1.29, 1.82) is 0 Å². The van der Waals surface area contributed by atoms with E-state index in [1.165, 1.54) is 11.3 Å². The molecule has 1 aromatic rings. The van der Waals surface area contributed by atoms with Gasteiger partial charge in [-0.15, -0.1) is 23.7 Å². The lowest BCUT2D eigenvalue weighted by Crippen LogP contribution is -2.14. The largest absolute Gasteiger partial charge is 0.382 e. The van der Waals surface area contributed by atoms with Gasteiger partial charge in [-0.1, -0.05) is 11.6 Å². The third kappa shape index (κ3) is 7.47. The molecule has 1 heterocycles. The molecule has 0 saturated carbocycles. The molecule has 0 fully saturated rings. The predicted octanol–water partition coefficient (Wildman–Crippen LogP) is 3.73. The molecule has 1 N–H and O–H groups in total. The quantitative estimate of drug-likeness (QED) is 0.734. The molecule has 0 aliphatic rings. The zero-order chi connectivity index (χ0) is 10.9. The molecule has 16 heavy (non-hydrogen) atoms. The van der Waals surface area contributed by atoms with E-state index in [0.717, 1.165) is 37.1 Å². The minimum absolute atomic E-state index is 0. The van der Waals surface area contributed by atoms with Gasteiger partial charge in [-0.05, 0) is 38.4 Å². The lowest BCUT2D eigenvalue weighted by molar-refractivity contribution is 0.143. The monoisotopic (exact) mass is 283 g/mol. The summed E-state index contributed by atoms with van der Waals surface area (Å²) in [6.07, 6.45) is 2.30. The highest BCUT2D eigenvalue weighted by Crippen LogP contribution is 2.20. The molecular formula is C11H19Cl2NOS. The van der Waals surface area contributed by atoms with Gasteiger partial charge in [0.05, 0.1) is 4.34 Å². The fourth-order valence-corrected chi connectivity index (χ4v) is 2.31. The van der Waals surface area contributed by atoms with Crippen LogP contribution in [0.3, 0.4) is 0 Å².